The Labute approximate surface area is 70.6 Å². The van der Waals surface area contributed by atoms with Gasteiger partial charge in [-0.05, 0) is 13.3 Å². The van der Waals surface area contributed by atoms with Crippen LogP contribution in [0.25, 0.3) is 0 Å². The number of nitrogens with zero attached hydrogens (tertiary/aromatic N) is 2. The number of carbonyl (C=O) groups excluding carboxylic acids is 1. The van der Waals surface area contributed by atoms with Crippen molar-refractivity contribution in [3.63, 3.8) is 0 Å². The molecule has 2 heterocycles. The van der Waals surface area contributed by atoms with Crippen LogP contribution in [0.1, 0.15) is 17.7 Å². The van der Waals surface area contributed by atoms with Crippen molar-refractivity contribution in [2.75, 3.05) is 5.32 Å². The number of hydrogen-bond acceptors (Lipinski definition) is 2. The summed E-state index contributed by atoms with van der Waals surface area (Å²) in [5.41, 5.74) is 2.20. The van der Waals surface area contributed by atoms with E-state index in [1.165, 1.54) is 5.56 Å². The van der Waals surface area contributed by atoms with Crippen LogP contribution in [0.15, 0.2) is 0 Å². The van der Waals surface area contributed by atoms with Gasteiger partial charge in [0.05, 0.1) is 5.69 Å². The van der Waals surface area contributed by atoms with Gasteiger partial charge in [0.15, 0.2) is 0 Å². The SMILES string of the molecule is Cc1nn(C)c2c1CCC(=O)N2. The number of nitrogens with one attached hydrogen (secondary N) is 1. The first-order valence-electron chi connectivity index (χ1n) is 4.01. The number of fused-ring (bicyclic) bond motifs is 1. The summed E-state index contributed by atoms with van der Waals surface area (Å²) >= 11 is 0. The maximum atomic E-state index is 11.0. The molecule has 0 bridgehead atoms. The summed E-state index contributed by atoms with van der Waals surface area (Å²) in [5.74, 6) is 0.953. The Balaban J connectivity index is 2.51. The largest absolute Gasteiger partial charge is 0.311 e. The fourth-order valence-electron chi connectivity index (χ4n) is 1.59. The maximum absolute atomic E-state index is 11.0. The first-order valence-corrected chi connectivity index (χ1v) is 4.01. The molecule has 0 saturated carbocycles. The first-order chi connectivity index (χ1) is 5.68. The molecule has 0 spiro atoms. The Morgan fingerprint density at radius 3 is 3.00 bits per heavy atom. The van der Waals surface area contributed by atoms with E-state index < -0.39 is 0 Å². The van der Waals surface area contributed by atoms with Crippen LogP contribution in [-0.4, -0.2) is 15.7 Å². The molecular weight excluding hydrogens is 154 g/mol. The van der Waals surface area contributed by atoms with Crippen molar-refractivity contribution >= 4 is 11.7 Å². The molecule has 0 aromatic carbocycles. The van der Waals surface area contributed by atoms with Crippen molar-refractivity contribution in [1.29, 1.82) is 0 Å². The number of amides is 1. The molecule has 12 heavy (non-hydrogen) atoms. The van der Waals surface area contributed by atoms with Gasteiger partial charge >= 0.3 is 0 Å². The standard InChI is InChI=1S/C8H11N3O/c1-5-6-3-4-7(12)9-8(6)11(2)10-5/h3-4H2,1-2H3,(H,9,12). The van der Waals surface area contributed by atoms with Crippen LogP contribution in [0.5, 0.6) is 0 Å². The maximum Gasteiger partial charge on any atom is 0.225 e. The Kier molecular flexibility index (Phi) is 1.43. The number of anilines is 1. The van der Waals surface area contributed by atoms with Crippen LogP contribution in [-0.2, 0) is 18.3 Å². The minimum atomic E-state index is 0.0884. The molecule has 0 saturated heterocycles. The molecule has 1 aliphatic heterocycles. The average molecular weight is 165 g/mol. The summed E-state index contributed by atoms with van der Waals surface area (Å²) in [4.78, 5) is 11.0. The van der Waals surface area contributed by atoms with Crippen LogP contribution < -0.4 is 5.32 Å². The lowest BCUT2D eigenvalue weighted by atomic mass is 10.1. The highest BCUT2D eigenvalue weighted by atomic mass is 16.1. The summed E-state index contributed by atoms with van der Waals surface area (Å²) < 4.78 is 1.72. The van der Waals surface area contributed by atoms with E-state index >= 15 is 0 Å². The van der Waals surface area contributed by atoms with Crippen LogP contribution in [0.2, 0.25) is 0 Å². The number of aryl methyl sites for hydroxylation is 2. The highest BCUT2D eigenvalue weighted by molar-refractivity contribution is 5.93. The minimum Gasteiger partial charge on any atom is -0.311 e. The molecule has 0 radical (unpaired) electrons. The molecular formula is C8H11N3O. The lowest BCUT2D eigenvalue weighted by Gasteiger charge is -2.13. The van der Waals surface area contributed by atoms with Gasteiger partial charge in [0, 0.05) is 19.0 Å². The summed E-state index contributed by atoms with van der Waals surface area (Å²) in [6, 6.07) is 0. The van der Waals surface area contributed by atoms with Gasteiger partial charge in [-0.25, -0.2) is 0 Å². The summed E-state index contributed by atoms with van der Waals surface area (Å²) in [5, 5.41) is 7.04. The van der Waals surface area contributed by atoms with E-state index in [0.717, 1.165) is 17.9 Å². The Morgan fingerprint density at radius 1 is 1.50 bits per heavy atom. The van der Waals surface area contributed by atoms with Crippen LogP contribution >= 0.6 is 0 Å². The summed E-state index contributed by atoms with van der Waals surface area (Å²) in [6.07, 6.45) is 1.40. The molecule has 4 heteroatoms. The molecule has 0 unspecified atom stereocenters. The molecule has 1 aromatic heterocycles. The molecule has 2 rings (SSSR count). The molecule has 64 valence electrons. The Morgan fingerprint density at radius 2 is 2.25 bits per heavy atom. The van der Waals surface area contributed by atoms with Crippen molar-refractivity contribution in [3.05, 3.63) is 11.3 Å². The number of carbonyl (C=O) groups is 1. The molecule has 4 nitrogen and oxygen atoms in total. The topological polar surface area (TPSA) is 46.9 Å². The quantitative estimate of drug-likeness (QED) is 0.612. The van der Waals surface area contributed by atoms with Gasteiger partial charge in [-0.2, -0.15) is 5.10 Å². The molecule has 0 aliphatic carbocycles. The molecule has 1 aromatic rings. The van der Waals surface area contributed by atoms with E-state index in [2.05, 4.69) is 10.4 Å². The lowest BCUT2D eigenvalue weighted by Crippen LogP contribution is -2.20. The van der Waals surface area contributed by atoms with Crippen molar-refractivity contribution in [2.45, 2.75) is 19.8 Å². The number of aromatic nitrogens is 2. The molecule has 0 atom stereocenters. The van der Waals surface area contributed by atoms with Gasteiger partial charge in [0.25, 0.3) is 0 Å². The van der Waals surface area contributed by atoms with Gasteiger partial charge in [-0.15, -0.1) is 0 Å². The van der Waals surface area contributed by atoms with E-state index in [0.29, 0.717) is 6.42 Å². The third kappa shape index (κ3) is 0.913. The third-order valence-corrected chi connectivity index (χ3v) is 2.21. The van der Waals surface area contributed by atoms with Crippen molar-refractivity contribution in [2.24, 2.45) is 7.05 Å². The van der Waals surface area contributed by atoms with E-state index in [1.54, 1.807) is 4.68 Å². The summed E-state index contributed by atoms with van der Waals surface area (Å²) in [7, 11) is 1.84. The van der Waals surface area contributed by atoms with E-state index in [-0.39, 0.29) is 5.91 Å². The van der Waals surface area contributed by atoms with Crippen LogP contribution in [0.3, 0.4) is 0 Å². The average Bonchev–Trinajstić information content (AvgIpc) is 2.28. The van der Waals surface area contributed by atoms with Gasteiger partial charge in [-0.3, -0.25) is 9.48 Å². The normalized spacial score (nSPS) is 15.7. The summed E-state index contributed by atoms with van der Waals surface area (Å²) in [6.45, 7) is 1.97. The van der Waals surface area contributed by atoms with Gasteiger partial charge in [0.1, 0.15) is 5.82 Å². The second-order valence-electron chi connectivity index (χ2n) is 3.08. The molecule has 1 aliphatic rings. The van der Waals surface area contributed by atoms with Gasteiger partial charge < -0.3 is 5.32 Å². The van der Waals surface area contributed by atoms with E-state index in [4.69, 9.17) is 0 Å². The zero-order valence-corrected chi connectivity index (χ0v) is 7.22. The van der Waals surface area contributed by atoms with E-state index in [1.807, 2.05) is 14.0 Å². The predicted octanol–water partition coefficient (Wildman–Crippen LogP) is 0.613. The highest BCUT2D eigenvalue weighted by Gasteiger charge is 2.20. The highest BCUT2D eigenvalue weighted by Crippen LogP contribution is 2.24. The van der Waals surface area contributed by atoms with Crippen molar-refractivity contribution in [3.8, 4) is 0 Å². The Hall–Kier alpha value is -1.32. The fraction of sp³-hybridized carbons (Fsp3) is 0.500. The monoisotopic (exact) mass is 165 g/mol. The van der Waals surface area contributed by atoms with Crippen LogP contribution in [0, 0.1) is 6.92 Å². The minimum absolute atomic E-state index is 0.0884. The lowest BCUT2D eigenvalue weighted by molar-refractivity contribution is -0.116. The zero-order valence-electron chi connectivity index (χ0n) is 7.22. The van der Waals surface area contributed by atoms with Gasteiger partial charge in [0.2, 0.25) is 5.91 Å². The smallest absolute Gasteiger partial charge is 0.225 e. The molecule has 1 amide bonds. The first kappa shape index (κ1) is 7.34. The second-order valence-corrected chi connectivity index (χ2v) is 3.08. The van der Waals surface area contributed by atoms with Crippen molar-refractivity contribution < 1.29 is 4.79 Å². The van der Waals surface area contributed by atoms with Gasteiger partial charge in [-0.1, -0.05) is 0 Å². The van der Waals surface area contributed by atoms with E-state index in [9.17, 15) is 4.79 Å². The molecule has 1 N–H and O–H groups in total. The fourth-order valence-corrected chi connectivity index (χ4v) is 1.59. The Bertz CT molecular complexity index is 340. The number of hydrogen-bond donors (Lipinski definition) is 1. The van der Waals surface area contributed by atoms with Crippen molar-refractivity contribution in [1.82, 2.24) is 9.78 Å². The molecule has 0 fully saturated rings. The zero-order chi connectivity index (χ0) is 8.72. The van der Waals surface area contributed by atoms with Crippen LogP contribution in [0.4, 0.5) is 5.82 Å². The number of rotatable bonds is 0. The third-order valence-electron chi connectivity index (χ3n) is 2.21. The predicted molar refractivity (Wildman–Crippen MR) is 44.9 cm³/mol. The second kappa shape index (κ2) is 2.33.